The fourth-order valence-corrected chi connectivity index (χ4v) is 6.42. The second-order valence-electron chi connectivity index (χ2n) is 8.52. The van der Waals surface area contributed by atoms with Gasteiger partial charge in [-0.1, -0.05) is 109 Å². The number of rotatable bonds is 2. The third kappa shape index (κ3) is 2.83. The van der Waals surface area contributed by atoms with Gasteiger partial charge in [0.25, 0.3) is 0 Å². The van der Waals surface area contributed by atoms with Crippen molar-refractivity contribution in [2.24, 2.45) is 0 Å². The Balaban J connectivity index is 1.63. The van der Waals surface area contributed by atoms with Crippen LogP contribution in [0.25, 0.3) is 65.0 Å². The zero-order valence-electron chi connectivity index (χ0n) is 18.0. The summed E-state index contributed by atoms with van der Waals surface area (Å²) >= 11 is 1.90. The van der Waals surface area contributed by atoms with Crippen molar-refractivity contribution in [3.63, 3.8) is 0 Å². The van der Waals surface area contributed by atoms with E-state index in [0.29, 0.717) is 0 Å². The summed E-state index contributed by atoms with van der Waals surface area (Å²) in [7, 11) is 0. The average Bonchev–Trinajstić information content (AvgIpc) is 3.23. The first kappa shape index (κ1) is 18.6. The van der Waals surface area contributed by atoms with Crippen LogP contribution in [-0.2, 0) is 0 Å². The van der Waals surface area contributed by atoms with Crippen molar-refractivity contribution in [2.45, 2.75) is 0 Å². The van der Waals surface area contributed by atoms with E-state index < -0.39 is 0 Å². The third-order valence-electron chi connectivity index (χ3n) is 6.65. The smallest absolute Gasteiger partial charge is 0.0434 e. The second kappa shape index (κ2) is 7.30. The van der Waals surface area contributed by atoms with Gasteiger partial charge in [0.2, 0.25) is 0 Å². The number of fused-ring (bicyclic) bond motifs is 5. The maximum atomic E-state index is 2.38. The molecule has 0 nitrogen and oxygen atoms in total. The summed E-state index contributed by atoms with van der Waals surface area (Å²) in [5.41, 5.74) is 11.7. The summed E-state index contributed by atoms with van der Waals surface area (Å²) in [6, 6.07) is 44.2. The molecule has 1 aliphatic rings. The van der Waals surface area contributed by atoms with Crippen LogP contribution in [0.2, 0.25) is 0 Å². The molecule has 0 fully saturated rings. The summed E-state index contributed by atoms with van der Waals surface area (Å²) in [5.74, 6) is 0. The SMILES string of the molecule is c1ccc(-c2ccc3c(c2)-c2ccccc2-c2cccc4sc(-c5ccccc5)c-3c24)cc1. The number of hydrogen-bond donors (Lipinski definition) is 0. The lowest BCUT2D eigenvalue weighted by Gasteiger charge is -2.14. The van der Waals surface area contributed by atoms with Gasteiger partial charge in [0.1, 0.15) is 0 Å². The largest absolute Gasteiger partial charge is 0.135 e. The van der Waals surface area contributed by atoms with E-state index in [0.717, 1.165) is 0 Å². The van der Waals surface area contributed by atoms with Gasteiger partial charge in [-0.05, 0) is 56.6 Å². The van der Waals surface area contributed by atoms with Gasteiger partial charge in [-0.3, -0.25) is 0 Å². The fourth-order valence-electron chi connectivity index (χ4n) is 5.17. The monoisotopic (exact) mass is 436 g/mol. The van der Waals surface area contributed by atoms with Gasteiger partial charge in [0.15, 0.2) is 0 Å². The fraction of sp³-hybridized carbons (Fsp3) is 0. The molecule has 1 aliphatic carbocycles. The van der Waals surface area contributed by atoms with Crippen molar-refractivity contribution in [1.29, 1.82) is 0 Å². The maximum absolute atomic E-state index is 2.38. The predicted molar refractivity (Wildman–Crippen MR) is 143 cm³/mol. The summed E-state index contributed by atoms with van der Waals surface area (Å²) in [4.78, 5) is 1.35. The first-order valence-corrected chi connectivity index (χ1v) is 12.1. The maximum Gasteiger partial charge on any atom is 0.0434 e. The predicted octanol–water partition coefficient (Wildman–Crippen LogP) is 9.55. The van der Waals surface area contributed by atoms with Crippen molar-refractivity contribution in [3.05, 3.63) is 121 Å². The van der Waals surface area contributed by atoms with Gasteiger partial charge in [-0.2, -0.15) is 0 Å². The first-order chi connectivity index (χ1) is 16.4. The van der Waals surface area contributed by atoms with Crippen LogP contribution in [0.1, 0.15) is 0 Å². The Bertz CT molecular complexity index is 1640. The molecule has 6 aromatic rings. The van der Waals surface area contributed by atoms with Crippen LogP contribution >= 0.6 is 11.3 Å². The highest BCUT2D eigenvalue weighted by atomic mass is 32.1. The van der Waals surface area contributed by atoms with Crippen molar-refractivity contribution in [2.75, 3.05) is 0 Å². The van der Waals surface area contributed by atoms with Crippen LogP contribution in [0.15, 0.2) is 121 Å². The molecule has 0 atom stereocenters. The molecule has 0 aliphatic heterocycles. The normalized spacial score (nSPS) is 11.6. The molecule has 154 valence electrons. The van der Waals surface area contributed by atoms with Crippen molar-refractivity contribution in [1.82, 2.24) is 0 Å². The van der Waals surface area contributed by atoms with E-state index in [1.807, 2.05) is 11.3 Å². The highest BCUT2D eigenvalue weighted by Gasteiger charge is 2.26. The molecule has 0 saturated carbocycles. The molecule has 33 heavy (non-hydrogen) atoms. The molecule has 7 rings (SSSR count). The lowest BCUT2D eigenvalue weighted by atomic mass is 9.90. The minimum absolute atomic E-state index is 1.25. The third-order valence-corrected chi connectivity index (χ3v) is 7.86. The zero-order valence-corrected chi connectivity index (χ0v) is 18.8. The topological polar surface area (TPSA) is 0 Å². The van der Waals surface area contributed by atoms with Gasteiger partial charge in [-0.15, -0.1) is 11.3 Å². The lowest BCUT2D eigenvalue weighted by molar-refractivity contribution is 1.59. The highest BCUT2D eigenvalue weighted by Crippen LogP contribution is 2.54. The Morgan fingerprint density at radius 3 is 1.79 bits per heavy atom. The van der Waals surface area contributed by atoms with Crippen molar-refractivity contribution >= 4 is 21.4 Å². The molecular formula is C32H20S. The zero-order chi connectivity index (χ0) is 21.8. The van der Waals surface area contributed by atoms with E-state index in [1.54, 1.807) is 0 Å². The molecule has 0 radical (unpaired) electrons. The Labute approximate surface area is 197 Å². The summed E-state index contributed by atoms with van der Waals surface area (Å²) < 4.78 is 1.34. The van der Waals surface area contributed by atoms with E-state index in [-0.39, 0.29) is 0 Å². The van der Waals surface area contributed by atoms with E-state index in [1.165, 1.54) is 65.0 Å². The summed E-state index contributed by atoms with van der Waals surface area (Å²) in [6.07, 6.45) is 0. The van der Waals surface area contributed by atoms with Crippen LogP contribution in [0.3, 0.4) is 0 Å². The van der Waals surface area contributed by atoms with E-state index in [4.69, 9.17) is 0 Å². The molecule has 5 aromatic carbocycles. The molecule has 0 bridgehead atoms. The van der Waals surface area contributed by atoms with Gasteiger partial charge < -0.3 is 0 Å². The first-order valence-electron chi connectivity index (χ1n) is 11.3. The Hall–Kier alpha value is -3.94. The molecule has 0 unspecified atom stereocenters. The second-order valence-corrected chi connectivity index (χ2v) is 9.58. The van der Waals surface area contributed by atoms with E-state index >= 15 is 0 Å². The molecule has 0 saturated heterocycles. The van der Waals surface area contributed by atoms with Crippen LogP contribution in [0.5, 0.6) is 0 Å². The molecular weight excluding hydrogens is 416 g/mol. The van der Waals surface area contributed by atoms with Gasteiger partial charge in [0, 0.05) is 20.5 Å². The number of hydrogen-bond acceptors (Lipinski definition) is 1. The Morgan fingerprint density at radius 1 is 0.394 bits per heavy atom. The van der Waals surface area contributed by atoms with Gasteiger partial charge in [-0.25, -0.2) is 0 Å². The lowest BCUT2D eigenvalue weighted by Crippen LogP contribution is -1.88. The molecule has 0 N–H and O–H groups in total. The minimum Gasteiger partial charge on any atom is -0.135 e. The summed E-state index contributed by atoms with van der Waals surface area (Å²) in [5, 5.41) is 1.38. The Kier molecular flexibility index (Phi) is 4.12. The van der Waals surface area contributed by atoms with E-state index in [2.05, 4.69) is 121 Å². The molecule has 1 heterocycles. The number of benzene rings is 5. The van der Waals surface area contributed by atoms with Crippen molar-refractivity contribution in [3.8, 4) is 54.9 Å². The van der Waals surface area contributed by atoms with Crippen LogP contribution in [-0.4, -0.2) is 0 Å². The van der Waals surface area contributed by atoms with Crippen LogP contribution < -0.4 is 0 Å². The molecule has 0 spiro atoms. The van der Waals surface area contributed by atoms with Gasteiger partial charge >= 0.3 is 0 Å². The minimum atomic E-state index is 1.25. The average molecular weight is 437 g/mol. The quantitative estimate of drug-likeness (QED) is 0.253. The Morgan fingerprint density at radius 2 is 1.03 bits per heavy atom. The number of thiophene rings is 1. The summed E-state index contributed by atoms with van der Waals surface area (Å²) in [6.45, 7) is 0. The molecule has 0 amide bonds. The van der Waals surface area contributed by atoms with Crippen LogP contribution in [0.4, 0.5) is 0 Å². The van der Waals surface area contributed by atoms with Crippen LogP contribution in [0, 0.1) is 0 Å². The molecule has 1 aromatic heterocycles. The van der Waals surface area contributed by atoms with E-state index in [9.17, 15) is 0 Å². The standard InChI is InChI=1S/C32H20S/c1-3-10-21(11-4-1)23-18-19-27-28(20-23)25-15-8-7-14-24(25)26-16-9-17-29-30(26)31(27)32(33-29)22-12-5-2-6-13-22/h1-20H. The highest BCUT2D eigenvalue weighted by molar-refractivity contribution is 7.23. The van der Waals surface area contributed by atoms with Gasteiger partial charge in [0.05, 0.1) is 0 Å². The van der Waals surface area contributed by atoms with Crippen molar-refractivity contribution < 1.29 is 0 Å². The molecule has 1 heteroatoms.